The number of imidazole rings is 1. The van der Waals surface area contributed by atoms with E-state index in [0.717, 1.165) is 16.8 Å². The summed E-state index contributed by atoms with van der Waals surface area (Å²) >= 11 is 1.30. The molecule has 0 aliphatic carbocycles. The van der Waals surface area contributed by atoms with Crippen molar-refractivity contribution in [3.63, 3.8) is 0 Å². The summed E-state index contributed by atoms with van der Waals surface area (Å²) in [7, 11) is 3.09. The number of methoxy groups -OCH3 is 2. The van der Waals surface area contributed by atoms with E-state index in [2.05, 4.69) is 10.3 Å². The molecule has 168 valence electrons. The zero-order valence-corrected chi connectivity index (χ0v) is 18.9. The molecule has 1 aromatic heterocycles. The Morgan fingerprint density at radius 3 is 2.39 bits per heavy atom. The molecule has 6 nitrogen and oxygen atoms in total. The first kappa shape index (κ1) is 22.4. The van der Waals surface area contributed by atoms with Crippen molar-refractivity contribution in [3.05, 3.63) is 78.6 Å². The van der Waals surface area contributed by atoms with E-state index in [4.69, 9.17) is 14.5 Å². The molecule has 8 heteroatoms. The number of carbonyl (C=O) groups excluding carboxylic acids is 1. The van der Waals surface area contributed by atoms with Gasteiger partial charge in [-0.25, -0.2) is 9.37 Å². The number of nitrogens with one attached hydrogen (secondary N) is 2. The van der Waals surface area contributed by atoms with Crippen LogP contribution in [0.1, 0.15) is 0 Å². The highest BCUT2D eigenvalue weighted by Crippen LogP contribution is 2.33. The molecule has 33 heavy (non-hydrogen) atoms. The Kier molecular flexibility index (Phi) is 6.95. The van der Waals surface area contributed by atoms with Crippen molar-refractivity contribution in [1.82, 2.24) is 9.97 Å². The Hall–Kier alpha value is -3.78. The summed E-state index contributed by atoms with van der Waals surface area (Å²) in [4.78, 5) is 20.6. The maximum Gasteiger partial charge on any atom is 0.234 e. The van der Waals surface area contributed by atoms with Crippen molar-refractivity contribution in [2.45, 2.75) is 5.03 Å². The molecule has 0 radical (unpaired) electrons. The average molecular weight is 464 g/mol. The van der Waals surface area contributed by atoms with Gasteiger partial charge in [-0.05, 0) is 36.4 Å². The van der Waals surface area contributed by atoms with Gasteiger partial charge in [0, 0.05) is 22.9 Å². The SMILES string of the molecule is COc1ccc(NC(=O)CSc2nc(-c3ccccc3)[nH]c2-c2ccc(F)cc2)cc1OC. The molecule has 0 saturated carbocycles. The summed E-state index contributed by atoms with van der Waals surface area (Å²) in [6.45, 7) is 0. The van der Waals surface area contributed by atoms with Crippen LogP contribution in [0, 0.1) is 5.82 Å². The second kappa shape index (κ2) is 10.2. The number of H-pyrrole nitrogens is 1. The topological polar surface area (TPSA) is 76.2 Å². The summed E-state index contributed by atoms with van der Waals surface area (Å²) in [6.07, 6.45) is 0. The van der Waals surface area contributed by atoms with Crippen molar-refractivity contribution < 1.29 is 18.7 Å². The van der Waals surface area contributed by atoms with Gasteiger partial charge in [-0.3, -0.25) is 4.79 Å². The van der Waals surface area contributed by atoms with Crippen molar-refractivity contribution >= 4 is 23.4 Å². The van der Waals surface area contributed by atoms with Gasteiger partial charge in [-0.15, -0.1) is 0 Å². The van der Waals surface area contributed by atoms with E-state index >= 15 is 0 Å². The van der Waals surface area contributed by atoms with E-state index in [1.165, 1.54) is 31.0 Å². The molecular formula is C25H22FN3O3S. The maximum atomic E-state index is 13.4. The number of halogens is 1. The quantitative estimate of drug-likeness (QED) is 0.331. The van der Waals surface area contributed by atoms with E-state index < -0.39 is 0 Å². The first-order valence-electron chi connectivity index (χ1n) is 10.1. The van der Waals surface area contributed by atoms with Crippen LogP contribution in [0.15, 0.2) is 77.8 Å². The first-order valence-corrected chi connectivity index (χ1v) is 11.1. The van der Waals surface area contributed by atoms with Gasteiger partial charge >= 0.3 is 0 Å². The number of anilines is 1. The molecule has 0 spiro atoms. The molecule has 1 heterocycles. The van der Waals surface area contributed by atoms with E-state index in [1.54, 1.807) is 37.4 Å². The standard InChI is InChI=1S/C25H22FN3O3S/c1-31-20-13-12-19(14-21(20)32-2)27-22(30)15-33-25-23(16-8-10-18(26)11-9-16)28-24(29-25)17-6-4-3-5-7-17/h3-14H,15H2,1-2H3,(H,27,30)(H,28,29). The van der Waals surface area contributed by atoms with Gasteiger partial charge in [0.2, 0.25) is 5.91 Å². The van der Waals surface area contributed by atoms with Gasteiger partial charge < -0.3 is 19.8 Å². The second-order valence-electron chi connectivity index (χ2n) is 7.05. The van der Waals surface area contributed by atoms with Crippen molar-refractivity contribution in [1.29, 1.82) is 0 Å². The number of amides is 1. The third-order valence-corrected chi connectivity index (χ3v) is 5.83. The number of hydrogen-bond acceptors (Lipinski definition) is 5. The number of hydrogen-bond donors (Lipinski definition) is 2. The fourth-order valence-electron chi connectivity index (χ4n) is 3.25. The van der Waals surface area contributed by atoms with E-state index in [1.807, 2.05) is 30.3 Å². The molecule has 0 saturated heterocycles. The lowest BCUT2D eigenvalue weighted by molar-refractivity contribution is -0.113. The minimum atomic E-state index is -0.315. The van der Waals surface area contributed by atoms with Gasteiger partial charge in [0.1, 0.15) is 16.7 Å². The van der Waals surface area contributed by atoms with Gasteiger partial charge in [0.15, 0.2) is 11.5 Å². The molecule has 0 atom stereocenters. The summed E-state index contributed by atoms with van der Waals surface area (Å²) in [5.41, 5.74) is 3.04. The molecular weight excluding hydrogens is 441 g/mol. The monoisotopic (exact) mass is 463 g/mol. The number of carbonyl (C=O) groups is 1. The molecule has 4 aromatic rings. The zero-order chi connectivity index (χ0) is 23.2. The van der Waals surface area contributed by atoms with Crippen LogP contribution in [0.4, 0.5) is 10.1 Å². The van der Waals surface area contributed by atoms with Crippen LogP contribution in [0.5, 0.6) is 11.5 Å². The molecule has 0 aliphatic heterocycles. The predicted octanol–water partition coefficient (Wildman–Crippen LogP) is 5.63. The average Bonchev–Trinajstić information content (AvgIpc) is 3.28. The normalized spacial score (nSPS) is 10.6. The largest absolute Gasteiger partial charge is 0.493 e. The Balaban J connectivity index is 1.53. The van der Waals surface area contributed by atoms with Crippen LogP contribution >= 0.6 is 11.8 Å². The molecule has 1 amide bonds. The van der Waals surface area contributed by atoms with Crippen LogP contribution in [0.2, 0.25) is 0 Å². The zero-order valence-electron chi connectivity index (χ0n) is 18.1. The van der Waals surface area contributed by atoms with E-state index in [0.29, 0.717) is 28.0 Å². The van der Waals surface area contributed by atoms with Crippen LogP contribution in [-0.4, -0.2) is 35.8 Å². The number of rotatable bonds is 8. The highest BCUT2D eigenvalue weighted by atomic mass is 32.2. The Bertz CT molecular complexity index is 1240. The van der Waals surface area contributed by atoms with Crippen LogP contribution < -0.4 is 14.8 Å². The van der Waals surface area contributed by atoms with Gasteiger partial charge in [-0.1, -0.05) is 42.1 Å². The number of aromatic nitrogens is 2. The van der Waals surface area contributed by atoms with Crippen LogP contribution in [0.3, 0.4) is 0 Å². The van der Waals surface area contributed by atoms with Crippen LogP contribution in [-0.2, 0) is 4.79 Å². The fraction of sp³-hybridized carbons (Fsp3) is 0.120. The summed E-state index contributed by atoms with van der Waals surface area (Å²) in [6, 6.07) is 21.0. The van der Waals surface area contributed by atoms with Crippen molar-refractivity contribution in [2.24, 2.45) is 0 Å². The number of benzene rings is 3. The fourth-order valence-corrected chi connectivity index (χ4v) is 4.06. The number of ether oxygens (including phenoxy) is 2. The molecule has 4 rings (SSSR count). The summed E-state index contributed by atoms with van der Waals surface area (Å²) in [5, 5.41) is 3.52. The molecule has 0 bridgehead atoms. The molecule has 0 fully saturated rings. The Labute approximate surface area is 195 Å². The molecule has 0 aliphatic rings. The van der Waals surface area contributed by atoms with Crippen LogP contribution in [0.25, 0.3) is 22.6 Å². The highest BCUT2D eigenvalue weighted by molar-refractivity contribution is 8.00. The number of nitrogens with zero attached hydrogens (tertiary/aromatic N) is 1. The molecule has 0 unspecified atom stereocenters. The third kappa shape index (κ3) is 5.35. The molecule has 3 aromatic carbocycles. The second-order valence-corrected chi connectivity index (χ2v) is 8.01. The lowest BCUT2D eigenvalue weighted by Crippen LogP contribution is -2.14. The lowest BCUT2D eigenvalue weighted by atomic mass is 10.2. The van der Waals surface area contributed by atoms with E-state index in [-0.39, 0.29) is 17.5 Å². The third-order valence-electron chi connectivity index (χ3n) is 4.86. The number of aromatic amines is 1. The molecule has 2 N–H and O–H groups in total. The van der Waals surface area contributed by atoms with Crippen molar-refractivity contribution in [3.8, 4) is 34.1 Å². The summed E-state index contributed by atoms with van der Waals surface area (Å²) < 4.78 is 23.9. The van der Waals surface area contributed by atoms with E-state index in [9.17, 15) is 9.18 Å². The number of thioether (sulfide) groups is 1. The highest BCUT2D eigenvalue weighted by Gasteiger charge is 2.16. The lowest BCUT2D eigenvalue weighted by Gasteiger charge is -2.10. The minimum Gasteiger partial charge on any atom is -0.493 e. The Morgan fingerprint density at radius 2 is 1.70 bits per heavy atom. The minimum absolute atomic E-state index is 0.140. The predicted molar refractivity (Wildman–Crippen MR) is 128 cm³/mol. The maximum absolute atomic E-state index is 13.4. The van der Waals surface area contributed by atoms with Gasteiger partial charge in [0.05, 0.1) is 25.7 Å². The van der Waals surface area contributed by atoms with Crippen molar-refractivity contribution in [2.75, 3.05) is 25.3 Å². The first-order chi connectivity index (χ1) is 16.1. The van der Waals surface area contributed by atoms with Gasteiger partial charge in [0.25, 0.3) is 0 Å². The summed E-state index contributed by atoms with van der Waals surface area (Å²) in [5.74, 6) is 1.42. The smallest absolute Gasteiger partial charge is 0.234 e. The Morgan fingerprint density at radius 1 is 0.970 bits per heavy atom. The van der Waals surface area contributed by atoms with Gasteiger partial charge in [-0.2, -0.15) is 0 Å².